The Morgan fingerprint density at radius 1 is 0.933 bits per heavy atom. The Balaban J connectivity index is 1.63. The van der Waals surface area contributed by atoms with E-state index in [0.29, 0.717) is 5.69 Å². The van der Waals surface area contributed by atoms with Crippen LogP contribution in [0.2, 0.25) is 0 Å². The van der Waals surface area contributed by atoms with Crippen LogP contribution in [0.1, 0.15) is 28.6 Å². The van der Waals surface area contributed by atoms with Crippen molar-refractivity contribution >= 4 is 27.3 Å². The molecule has 1 heterocycles. The molecule has 0 spiro atoms. The molecule has 0 aliphatic heterocycles. The molecule has 3 aromatic rings. The topological polar surface area (TPSA) is 105 Å². The highest BCUT2D eigenvalue weighted by molar-refractivity contribution is 7.90. The second kappa shape index (κ2) is 9.41. The third kappa shape index (κ3) is 5.15. The number of aryl methyl sites for hydroxylation is 1. The summed E-state index contributed by atoms with van der Waals surface area (Å²) in [5.41, 5.74) is 1.90. The van der Waals surface area contributed by atoms with E-state index in [1.807, 2.05) is 25.1 Å². The highest BCUT2D eigenvalue weighted by atomic mass is 32.2. The maximum atomic E-state index is 12.6. The first-order valence-electron chi connectivity index (χ1n) is 9.41. The molecule has 156 valence electrons. The van der Waals surface area contributed by atoms with Gasteiger partial charge in [-0.25, -0.2) is 8.42 Å². The summed E-state index contributed by atoms with van der Waals surface area (Å²) in [6.45, 7) is 1.71. The van der Waals surface area contributed by atoms with E-state index in [0.717, 1.165) is 12.0 Å². The summed E-state index contributed by atoms with van der Waals surface area (Å²) >= 11 is 0. The molecule has 7 nitrogen and oxygen atoms in total. The molecule has 0 aliphatic rings. The predicted octanol–water partition coefficient (Wildman–Crippen LogP) is 3.18. The normalized spacial score (nSPS) is 11.1. The van der Waals surface area contributed by atoms with Gasteiger partial charge in [0, 0.05) is 11.3 Å². The molecule has 0 bridgehead atoms. The molecule has 0 aliphatic carbocycles. The van der Waals surface area contributed by atoms with Crippen molar-refractivity contribution < 1.29 is 22.4 Å². The molecule has 1 aromatic heterocycles. The van der Waals surface area contributed by atoms with Crippen LogP contribution in [0.5, 0.6) is 0 Å². The minimum absolute atomic E-state index is 0.128. The first-order chi connectivity index (χ1) is 14.4. The van der Waals surface area contributed by atoms with Crippen LogP contribution in [0.15, 0.2) is 76.2 Å². The summed E-state index contributed by atoms with van der Waals surface area (Å²) in [5, 5.41) is 5.23. The Labute approximate surface area is 175 Å². The summed E-state index contributed by atoms with van der Waals surface area (Å²) in [5.74, 6) is -1.56. The van der Waals surface area contributed by atoms with Gasteiger partial charge in [-0.15, -0.1) is 0 Å². The van der Waals surface area contributed by atoms with Crippen molar-refractivity contribution in [2.24, 2.45) is 0 Å². The molecule has 2 aromatic carbocycles. The van der Waals surface area contributed by atoms with E-state index < -0.39 is 21.7 Å². The number of benzene rings is 2. The van der Waals surface area contributed by atoms with Crippen LogP contribution in [0.3, 0.4) is 0 Å². The smallest absolute Gasteiger partial charge is 0.287 e. The maximum absolute atomic E-state index is 12.6. The molecule has 0 fully saturated rings. The number of hydrogen-bond donors (Lipinski definition) is 2. The molecular formula is C22H22N2O5S. The van der Waals surface area contributed by atoms with Crippen molar-refractivity contribution in [3.63, 3.8) is 0 Å². The van der Waals surface area contributed by atoms with Crippen LogP contribution in [0.25, 0.3) is 0 Å². The van der Waals surface area contributed by atoms with Gasteiger partial charge in [-0.1, -0.05) is 43.3 Å². The van der Waals surface area contributed by atoms with Gasteiger partial charge < -0.3 is 15.1 Å². The highest BCUT2D eigenvalue weighted by Gasteiger charge is 2.22. The van der Waals surface area contributed by atoms with Gasteiger partial charge in [-0.05, 0) is 36.2 Å². The van der Waals surface area contributed by atoms with Crippen molar-refractivity contribution in [1.29, 1.82) is 0 Å². The number of sulfone groups is 1. The van der Waals surface area contributed by atoms with E-state index in [2.05, 4.69) is 10.6 Å². The minimum atomic E-state index is -3.64. The van der Waals surface area contributed by atoms with E-state index in [-0.39, 0.29) is 28.5 Å². The monoisotopic (exact) mass is 426 g/mol. The van der Waals surface area contributed by atoms with Crippen LogP contribution in [0, 0.1) is 0 Å². The number of furan rings is 1. The van der Waals surface area contributed by atoms with E-state index >= 15 is 0 Å². The van der Waals surface area contributed by atoms with Crippen molar-refractivity contribution in [2.75, 3.05) is 11.9 Å². The van der Waals surface area contributed by atoms with Crippen LogP contribution < -0.4 is 10.6 Å². The SMILES string of the molecule is CCc1ccccc1NC(=O)CNC(=O)c1occc1CS(=O)(=O)c1ccccc1. The quantitative estimate of drug-likeness (QED) is 0.576. The second-order valence-corrected chi connectivity index (χ2v) is 8.58. The Morgan fingerprint density at radius 2 is 1.63 bits per heavy atom. The first-order valence-corrected chi connectivity index (χ1v) is 11.1. The molecule has 3 rings (SSSR count). The van der Waals surface area contributed by atoms with Crippen LogP contribution in [0.4, 0.5) is 5.69 Å². The van der Waals surface area contributed by atoms with Gasteiger partial charge in [-0.3, -0.25) is 9.59 Å². The molecule has 0 saturated carbocycles. The summed E-state index contributed by atoms with van der Waals surface area (Å²) in [4.78, 5) is 24.8. The number of amides is 2. The third-order valence-corrected chi connectivity index (χ3v) is 6.16. The van der Waals surface area contributed by atoms with Gasteiger partial charge in [0.25, 0.3) is 5.91 Å². The lowest BCUT2D eigenvalue weighted by atomic mass is 10.1. The predicted molar refractivity (Wildman–Crippen MR) is 113 cm³/mol. The summed E-state index contributed by atoms with van der Waals surface area (Å²) in [6.07, 6.45) is 2.01. The number of carbonyl (C=O) groups excluding carboxylic acids is 2. The van der Waals surface area contributed by atoms with E-state index in [1.54, 1.807) is 24.3 Å². The molecule has 2 N–H and O–H groups in total. The fraction of sp³-hybridized carbons (Fsp3) is 0.182. The minimum Gasteiger partial charge on any atom is -0.459 e. The van der Waals surface area contributed by atoms with Gasteiger partial charge in [-0.2, -0.15) is 0 Å². The Morgan fingerprint density at radius 3 is 2.37 bits per heavy atom. The molecule has 0 saturated heterocycles. The Bertz CT molecular complexity index is 1140. The first kappa shape index (κ1) is 21.3. The van der Waals surface area contributed by atoms with Crippen LogP contribution in [-0.2, 0) is 26.8 Å². The van der Waals surface area contributed by atoms with E-state index in [9.17, 15) is 18.0 Å². The zero-order chi connectivity index (χ0) is 21.6. The summed E-state index contributed by atoms with van der Waals surface area (Å²) in [7, 11) is -3.64. The van der Waals surface area contributed by atoms with E-state index in [1.165, 1.54) is 24.5 Å². The zero-order valence-electron chi connectivity index (χ0n) is 16.4. The fourth-order valence-electron chi connectivity index (χ4n) is 2.95. The number of hydrogen-bond acceptors (Lipinski definition) is 5. The van der Waals surface area contributed by atoms with Gasteiger partial charge in [0.15, 0.2) is 15.6 Å². The van der Waals surface area contributed by atoms with Crippen molar-refractivity contribution in [3.8, 4) is 0 Å². The Kier molecular flexibility index (Phi) is 6.68. The van der Waals surface area contributed by atoms with Crippen LogP contribution >= 0.6 is 0 Å². The Hall–Kier alpha value is -3.39. The molecule has 0 radical (unpaired) electrons. The average Bonchev–Trinajstić information content (AvgIpc) is 3.20. The van der Waals surface area contributed by atoms with Crippen molar-refractivity contribution in [1.82, 2.24) is 5.32 Å². The maximum Gasteiger partial charge on any atom is 0.287 e. The van der Waals surface area contributed by atoms with Crippen molar-refractivity contribution in [2.45, 2.75) is 24.0 Å². The summed E-state index contributed by atoms with van der Waals surface area (Å²) < 4.78 is 30.3. The molecule has 0 atom stereocenters. The lowest BCUT2D eigenvalue weighted by Gasteiger charge is -2.10. The van der Waals surface area contributed by atoms with E-state index in [4.69, 9.17) is 4.42 Å². The molecule has 30 heavy (non-hydrogen) atoms. The lowest BCUT2D eigenvalue weighted by Crippen LogP contribution is -2.33. The second-order valence-electron chi connectivity index (χ2n) is 6.59. The number of carbonyl (C=O) groups is 2. The number of anilines is 1. The standard InChI is InChI=1S/C22H22N2O5S/c1-2-16-8-6-7-11-19(16)24-20(25)14-23-22(26)21-17(12-13-29-21)15-30(27,28)18-9-4-3-5-10-18/h3-13H,2,14-15H2,1H3,(H,23,26)(H,24,25). The number of rotatable bonds is 8. The average molecular weight is 426 g/mol. The van der Waals surface area contributed by atoms with Gasteiger partial charge in [0.2, 0.25) is 5.91 Å². The third-order valence-electron chi connectivity index (χ3n) is 4.48. The largest absolute Gasteiger partial charge is 0.459 e. The molecule has 8 heteroatoms. The molecule has 2 amide bonds. The molecule has 0 unspecified atom stereocenters. The van der Waals surface area contributed by atoms with Crippen molar-refractivity contribution in [3.05, 3.63) is 83.8 Å². The van der Waals surface area contributed by atoms with Gasteiger partial charge in [0.1, 0.15) is 0 Å². The number of nitrogens with one attached hydrogen (secondary N) is 2. The zero-order valence-corrected chi connectivity index (χ0v) is 17.2. The molecular weight excluding hydrogens is 404 g/mol. The highest BCUT2D eigenvalue weighted by Crippen LogP contribution is 2.20. The van der Waals surface area contributed by atoms with Gasteiger partial charge in [0.05, 0.1) is 23.5 Å². The summed E-state index contributed by atoms with van der Waals surface area (Å²) in [6, 6.07) is 16.8. The van der Waals surface area contributed by atoms with Crippen LogP contribution in [-0.4, -0.2) is 26.8 Å². The fourth-order valence-corrected chi connectivity index (χ4v) is 4.33. The number of para-hydroxylation sites is 1. The lowest BCUT2D eigenvalue weighted by molar-refractivity contribution is -0.115. The van der Waals surface area contributed by atoms with Gasteiger partial charge >= 0.3 is 0 Å².